The molecule has 1 N–H and O–H groups in total. The molecule has 1 heterocycles. The Hall–Kier alpha value is -1.04. The summed E-state index contributed by atoms with van der Waals surface area (Å²) in [5, 5.41) is 12.4. The Bertz CT molecular complexity index is 573. The lowest BCUT2D eigenvalue weighted by Gasteiger charge is -2.14. The maximum atomic E-state index is 6.33. The van der Waals surface area contributed by atoms with Crippen LogP contribution in [0.4, 0.5) is 0 Å². The van der Waals surface area contributed by atoms with Gasteiger partial charge in [-0.15, -0.1) is 10.2 Å². The molecule has 4 nitrogen and oxygen atoms in total. The van der Waals surface area contributed by atoms with Crippen molar-refractivity contribution in [3.63, 3.8) is 0 Å². The number of halogens is 1. The Morgan fingerprint density at radius 3 is 2.80 bits per heavy atom. The molecule has 0 fully saturated rings. The maximum Gasteiger partial charge on any atom is 0.281 e. The third kappa shape index (κ3) is 3.98. The van der Waals surface area contributed by atoms with Gasteiger partial charge in [0.15, 0.2) is 0 Å². The van der Waals surface area contributed by atoms with Crippen LogP contribution in [0.25, 0.3) is 0 Å². The van der Waals surface area contributed by atoms with E-state index in [1.54, 1.807) is 6.92 Å². The highest BCUT2D eigenvalue weighted by Crippen LogP contribution is 2.34. The highest BCUT2D eigenvalue weighted by atomic mass is 35.5. The number of aryl methyl sites for hydroxylation is 1. The molecular weight excluding hydrogens is 294 g/mol. The molecule has 0 saturated heterocycles. The Morgan fingerprint density at radius 2 is 2.20 bits per heavy atom. The molecule has 0 amide bonds. The SMILES string of the molecule is CCCNC(C)c1ccc(Sc2nnc(C)o2)c(Cl)c1. The van der Waals surface area contributed by atoms with Gasteiger partial charge in [-0.05, 0) is 49.3 Å². The Morgan fingerprint density at radius 1 is 1.40 bits per heavy atom. The molecule has 0 radical (unpaired) electrons. The van der Waals surface area contributed by atoms with Crippen LogP contribution in [-0.2, 0) is 0 Å². The molecule has 0 saturated carbocycles. The molecular formula is C14H18ClN3OS. The van der Waals surface area contributed by atoms with Crippen LogP contribution in [-0.4, -0.2) is 16.7 Å². The van der Waals surface area contributed by atoms with E-state index >= 15 is 0 Å². The molecule has 20 heavy (non-hydrogen) atoms. The number of hydrogen-bond donors (Lipinski definition) is 1. The van der Waals surface area contributed by atoms with Gasteiger partial charge in [0, 0.05) is 17.9 Å². The fourth-order valence-corrected chi connectivity index (χ4v) is 2.79. The summed E-state index contributed by atoms with van der Waals surface area (Å²) in [6.45, 7) is 7.05. The first kappa shape index (κ1) is 15.4. The monoisotopic (exact) mass is 311 g/mol. The fourth-order valence-electron chi connectivity index (χ4n) is 1.76. The van der Waals surface area contributed by atoms with Gasteiger partial charge in [0.05, 0.1) is 5.02 Å². The first-order chi connectivity index (χ1) is 9.60. The predicted octanol–water partition coefficient (Wildman–Crippen LogP) is 4.24. The van der Waals surface area contributed by atoms with E-state index in [9.17, 15) is 0 Å². The molecule has 1 unspecified atom stereocenters. The zero-order valence-electron chi connectivity index (χ0n) is 11.8. The summed E-state index contributed by atoms with van der Waals surface area (Å²) >= 11 is 7.71. The fraction of sp³-hybridized carbons (Fsp3) is 0.429. The molecule has 2 rings (SSSR count). The molecule has 0 spiro atoms. The number of aromatic nitrogens is 2. The van der Waals surface area contributed by atoms with E-state index in [2.05, 4.69) is 35.4 Å². The average molecular weight is 312 g/mol. The summed E-state index contributed by atoms with van der Waals surface area (Å²) in [5.74, 6) is 0.553. The second-order valence-electron chi connectivity index (χ2n) is 4.55. The Balaban J connectivity index is 2.09. The molecule has 0 aliphatic carbocycles. The highest BCUT2D eigenvalue weighted by molar-refractivity contribution is 7.99. The summed E-state index contributed by atoms with van der Waals surface area (Å²) < 4.78 is 5.34. The third-order valence-electron chi connectivity index (χ3n) is 2.86. The summed E-state index contributed by atoms with van der Waals surface area (Å²) in [6.07, 6.45) is 1.11. The minimum absolute atomic E-state index is 0.289. The van der Waals surface area contributed by atoms with Crippen LogP contribution >= 0.6 is 23.4 Å². The number of hydrogen-bond acceptors (Lipinski definition) is 5. The van der Waals surface area contributed by atoms with Crippen molar-refractivity contribution in [2.24, 2.45) is 0 Å². The summed E-state index contributed by atoms with van der Waals surface area (Å²) in [7, 11) is 0. The largest absolute Gasteiger partial charge is 0.416 e. The lowest BCUT2D eigenvalue weighted by Crippen LogP contribution is -2.19. The van der Waals surface area contributed by atoms with Gasteiger partial charge in [0.1, 0.15) is 0 Å². The van der Waals surface area contributed by atoms with Gasteiger partial charge < -0.3 is 9.73 Å². The van der Waals surface area contributed by atoms with Crippen molar-refractivity contribution in [2.75, 3.05) is 6.54 Å². The Labute approximate surface area is 128 Å². The smallest absolute Gasteiger partial charge is 0.281 e. The van der Waals surface area contributed by atoms with E-state index in [0.717, 1.165) is 17.9 Å². The van der Waals surface area contributed by atoms with Gasteiger partial charge in [-0.2, -0.15) is 0 Å². The predicted molar refractivity (Wildman–Crippen MR) is 81.3 cm³/mol. The first-order valence-corrected chi connectivity index (χ1v) is 7.80. The molecule has 1 atom stereocenters. The van der Waals surface area contributed by atoms with Gasteiger partial charge >= 0.3 is 0 Å². The van der Waals surface area contributed by atoms with Crippen LogP contribution < -0.4 is 5.32 Å². The van der Waals surface area contributed by atoms with Crippen LogP contribution in [0.1, 0.15) is 37.8 Å². The van der Waals surface area contributed by atoms with Crippen molar-refractivity contribution in [3.05, 3.63) is 34.7 Å². The van der Waals surface area contributed by atoms with Gasteiger partial charge in [-0.25, -0.2) is 0 Å². The lowest BCUT2D eigenvalue weighted by atomic mass is 10.1. The molecule has 1 aromatic carbocycles. The van der Waals surface area contributed by atoms with E-state index in [0.29, 0.717) is 16.1 Å². The second-order valence-corrected chi connectivity index (χ2v) is 5.96. The van der Waals surface area contributed by atoms with Crippen LogP contribution in [0.3, 0.4) is 0 Å². The molecule has 0 aliphatic heterocycles. The van der Waals surface area contributed by atoms with Crippen LogP contribution in [0.15, 0.2) is 32.7 Å². The first-order valence-electron chi connectivity index (χ1n) is 6.61. The van der Waals surface area contributed by atoms with Gasteiger partial charge in [0.2, 0.25) is 5.89 Å². The van der Waals surface area contributed by atoms with Crippen molar-refractivity contribution in [2.45, 2.75) is 43.4 Å². The molecule has 0 bridgehead atoms. The van der Waals surface area contributed by atoms with E-state index in [4.69, 9.17) is 16.0 Å². The van der Waals surface area contributed by atoms with Crippen molar-refractivity contribution in [1.82, 2.24) is 15.5 Å². The van der Waals surface area contributed by atoms with Crippen molar-refractivity contribution < 1.29 is 4.42 Å². The summed E-state index contributed by atoms with van der Waals surface area (Å²) in [5.41, 5.74) is 1.18. The molecule has 2 aromatic rings. The van der Waals surface area contributed by atoms with E-state index in [-0.39, 0.29) is 6.04 Å². The van der Waals surface area contributed by atoms with E-state index in [1.165, 1.54) is 17.3 Å². The second kappa shape index (κ2) is 7.11. The Kier molecular flexibility index (Phi) is 5.46. The van der Waals surface area contributed by atoms with Crippen molar-refractivity contribution in [3.8, 4) is 0 Å². The third-order valence-corrected chi connectivity index (χ3v) is 4.20. The molecule has 108 valence electrons. The number of nitrogens with one attached hydrogen (secondary N) is 1. The quantitative estimate of drug-likeness (QED) is 0.864. The number of rotatable bonds is 6. The normalized spacial score (nSPS) is 12.6. The van der Waals surface area contributed by atoms with Crippen LogP contribution in [0, 0.1) is 6.92 Å². The summed E-state index contributed by atoms with van der Waals surface area (Å²) in [4.78, 5) is 0.918. The minimum atomic E-state index is 0.289. The lowest BCUT2D eigenvalue weighted by molar-refractivity contribution is 0.429. The van der Waals surface area contributed by atoms with Crippen molar-refractivity contribution in [1.29, 1.82) is 0 Å². The van der Waals surface area contributed by atoms with Crippen LogP contribution in [0.2, 0.25) is 5.02 Å². The highest BCUT2D eigenvalue weighted by Gasteiger charge is 2.11. The van der Waals surface area contributed by atoms with Gasteiger partial charge in [0.25, 0.3) is 5.22 Å². The van der Waals surface area contributed by atoms with E-state index < -0.39 is 0 Å². The number of nitrogens with zero attached hydrogens (tertiary/aromatic N) is 2. The standard InChI is InChI=1S/C14H18ClN3OS/c1-4-7-16-9(2)11-5-6-13(12(15)8-11)20-14-18-17-10(3)19-14/h5-6,8-9,16H,4,7H2,1-3H3. The zero-order valence-corrected chi connectivity index (χ0v) is 13.4. The number of benzene rings is 1. The topological polar surface area (TPSA) is 51.0 Å². The molecule has 1 aromatic heterocycles. The minimum Gasteiger partial charge on any atom is -0.416 e. The summed E-state index contributed by atoms with van der Waals surface area (Å²) in [6, 6.07) is 6.34. The zero-order chi connectivity index (χ0) is 14.5. The maximum absolute atomic E-state index is 6.33. The van der Waals surface area contributed by atoms with Crippen molar-refractivity contribution >= 4 is 23.4 Å². The van der Waals surface area contributed by atoms with E-state index in [1.807, 2.05) is 12.1 Å². The van der Waals surface area contributed by atoms with Gasteiger partial charge in [-0.3, -0.25) is 0 Å². The average Bonchev–Trinajstić information content (AvgIpc) is 2.83. The molecule has 6 heteroatoms. The molecule has 0 aliphatic rings. The van der Waals surface area contributed by atoms with Gasteiger partial charge in [-0.1, -0.05) is 24.6 Å². The van der Waals surface area contributed by atoms with Crippen LogP contribution in [0.5, 0.6) is 0 Å².